The Morgan fingerprint density at radius 1 is 1.18 bits per heavy atom. The molecular formula is C21H22FN5O. The number of rotatable bonds is 4. The van der Waals surface area contributed by atoms with E-state index in [-0.39, 0.29) is 17.9 Å². The first-order chi connectivity index (χ1) is 13.3. The standard InChI is InChI=1S/C21H22FN5O/c1-13-6-5-7-15(24-13)12-27-21(28)20-17(10-23-27)16-9-18(22)14(11-25(2)3)8-19(16)26(20)4/h5-10H,11-12H2,1-4H3. The number of hydrogen-bond donors (Lipinski definition) is 0. The fourth-order valence-corrected chi connectivity index (χ4v) is 3.63. The van der Waals surface area contributed by atoms with E-state index in [4.69, 9.17) is 0 Å². The number of halogens is 1. The lowest BCUT2D eigenvalue weighted by Crippen LogP contribution is -2.24. The first-order valence-corrected chi connectivity index (χ1v) is 9.09. The minimum Gasteiger partial charge on any atom is -0.339 e. The lowest BCUT2D eigenvalue weighted by atomic mass is 10.1. The van der Waals surface area contributed by atoms with Crippen LogP contribution in [0.1, 0.15) is 17.0 Å². The van der Waals surface area contributed by atoms with Crippen LogP contribution in [0.4, 0.5) is 4.39 Å². The van der Waals surface area contributed by atoms with Crippen molar-refractivity contribution in [2.45, 2.75) is 20.0 Å². The molecule has 0 saturated heterocycles. The molecule has 1 aromatic carbocycles. The molecule has 0 aliphatic carbocycles. The van der Waals surface area contributed by atoms with Crippen LogP contribution in [0.2, 0.25) is 0 Å². The summed E-state index contributed by atoms with van der Waals surface area (Å²) in [6, 6.07) is 9.01. The van der Waals surface area contributed by atoms with Crippen LogP contribution in [-0.4, -0.2) is 38.3 Å². The Hall–Kier alpha value is -3.06. The Kier molecular flexibility index (Phi) is 4.47. The maximum atomic E-state index is 14.6. The monoisotopic (exact) mass is 379 g/mol. The van der Waals surface area contributed by atoms with Crippen LogP contribution in [0, 0.1) is 12.7 Å². The minimum atomic E-state index is -0.276. The van der Waals surface area contributed by atoms with Gasteiger partial charge < -0.3 is 9.47 Å². The van der Waals surface area contributed by atoms with Crippen LogP contribution >= 0.6 is 0 Å². The van der Waals surface area contributed by atoms with Crippen molar-refractivity contribution in [2.24, 2.45) is 7.05 Å². The zero-order valence-corrected chi connectivity index (χ0v) is 16.4. The van der Waals surface area contributed by atoms with Gasteiger partial charge in [0, 0.05) is 41.1 Å². The normalized spacial score (nSPS) is 11.8. The third kappa shape index (κ3) is 3.07. The molecule has 0 aliphatic heterocycles. The van der Waals surface area contributed by atoms with Gasteiger partial charge in [-0.15, -0.1) is 0 Å². The highest BCUT2D eigenvalue weighted by atomic mass is 19.1. The number of fused-ring (bicyclic) bond motifs is 3. The van der Waals surface area contributed by atoms with Crippen molar-refractivity contribution >= 4 is 21.8 Å². The SMILES string of the molecule is Cc1cccc(Cn2ncc3c4cc(F)c(CN(C)C)cc4n(C)c3c2=O)n1. The molecule has 0 unspecified atom stereocenters. The maximum Gasteiger partial charge on any atom is 0.291 e. The number of pyridine rings is 1. The summed E-state index contributed by atoms with van der Waals surface area (Å²) in [4.78, 5) is 19.5. The van der Waals surface area contributed by atoms with Crippen LogP contribution in [0.5, 0.6) is 0 Å². The molecule has 144 valence electrons. The lowest BCUT2D eigenvalue weighted by Gasteiger charge is -2.11. The van der Waals surface area contributed by atoms with Crippen molar-refractivity contribution in [2.75, 3.05) is 14.1 Å². The molecule has 3 aromatic heterocycles. The molecule has 0 fully saturated rings. The van der Waals surface area contributed by atoms with Crippen molar-refractivity contribution in [1.82, 2.24) is 24.2 Å². The second kappa shape index (κ2) is 6.83. The van der Waals surface area contributed by atoms with E-state index in [1.807, 2.05) is 61.8 Å². The Balaban J connectivity index is 1.89. The quantitative estimate of drug-likeness (QED) is 0.547. The van der Waals surface area contributed by atoms with Crippen molar-refractivity contribution in [3.8, 4) is 0 Å². The van der Waals surface area contributed by atoms with Crippen LogP contribution in [0.3, 0.4) is 0 Å². The smallest absolute Gasteiger partial charge is 0.291 e. The molecule has 0 amide bonds. The Morgan fingerprint density at radius 3 is 2.68 bits per heavy atom. The van der Waals surface area contributed by atoms with Gasteiger partial charge in [-0.25, -0.2) is 9.07 Å². The third-order valence-corrected chi connectivity index (χ3v) is 4.91. The van der Waals surface area contributed by atoms with Gasteiger partial charge in [-0.1, -0.05) is 6.07 Å². The first kappa shape index (κ1) is 18.3. The predicted molar refractivity (Wildman–Crippen MR) is 108 cm³/mol. The number of hydrogen-bond acceptors (Lipinski definition) is 4. The summed E-state index contributed by atoms with van der Waals surface area (Å²) >= 11 is 0. The summed E-state index contributed by atoms with van der Waals surface area (Å²) in [5.41, 5.74) is 3.37. The fourth-order valence-electron chi connectivity index (χ4n) is 3.63. The van der Waals surface area contributed by atoms with Crippen molar-refractivity contribution in [1.29, 1.82) is 0 Å². The maximum absolute atomic E-state index is 14.6. The zero-order valence-electron chi connectivity index (χ0n) is 16.4. The van der Waals surface area contributed by atoms with Gasteiger partial charge in [-0.05, 0) is 45.3 Å². The van der Waals surface area contributed by atoms with Crippen LogP contribution in [0.25, 0.3) is 21.8 Å². The second-order valence-electron chi connectivity index (χ2n) is 7.40. The summed E-state index contributed by atoms with van der Waals surface area (Å²) in [5, 5.41) is 5.67. The molecular weight excluding hydrogens is 357 g/mol. The van der Waals surface area contributed by atoms with E-state index in [1.165, 1.54) is 10.7 Å². The van der Waals surface area contributed by atoms with Gasteiger partial charge in [0.2, 0.25) is 0 Å². The molecule has 0 bridgehead atoms. The highest BCUT2D eigenvalue weighted by Crippen LogP contribution is 2.28. The van der Waals surface area contributed by atoms with Crippen LogP contribution in [-0.2, 0) is 20.1 Å². The van der Waals surface area contributed by atoms with Gasteiger partial charge >= 0.3 is 0 Å². The van der Waals surface area contributed by atoms with Gasteiger partial charge in [0.25, 0.3) is 5.56 Å². The third-order valence-electron chi connectivity index (χ3n) is 4.91. The number of nitrogens with zero attached hydrogens (tertiary/aromatic N) is 5. The fraction of sp³-hybridized carbons (Fsp3) is 0.286. The van der Waals surface area contributed by atoms with Gasteiger partial charge in [-0.3, -0.25) is 9.78 Å². The molecule has 0 saturated carbocycles. The van der Waals surface area contributed by atoms with Crippen molar-refractivity contribution < 1.29 is 4.39 Å². The Bertz CT molecular complexity index is 1260. The lowest BCUT2D eigenvalue weighted by molar-refractivity contribution is 0.393. The largest absolute Gasteiger partial charge is 0.339 e. The molecule has 6 nitrogen and oxygen atoms in total. The van der Waals surface area contributed by atoms with Gasteiger partial charge in [0.15, 0.2) is 0 Å². The van der Waals surface area contributed by atoms with E-state index in [2.05, 4.69) is 10.1 Å². The van der Waals surface area contributed by atoms with Crippen LogP contribution in [0.15, 0.2) is 41.3 Å². The molecule has 4 aromatic rings. The van der Waals surface area contributed by atoms with E-state index in [0.29, 0.717) is 28.4 Å². The highest BCUT2D eigenvalue weighted by Gasteiger charge is 2.17. The number of aromatic nitrogens is 4. The Labute approximate surface area is 161 Å². The molecule has 0 atom stereocenters. The molecule has 0 spiro atoms. The summed E-state index contributed by atoms with van der Waals surface area (Å²) in [7, 11) is 5.62. The van der Waals surface area contributed by atoms with Gasteiger partial charge in [0.05, 0.1) is 18.4 Å². The average Bonchev–Trinajstić information content (AvgIpc) is 2.90. The van der Waals surface area contributed by atoms with Crippen molar-refractivity contribution in [3.63, 3.8) is 0 Å². The summed E-state index contributed by atoms with van der Waals surface area (Å²) in [5.74, 6) is -0.276. The van der Waals surface area contributed by atoms with E-state index in [1.54, 1.807) is 6.20 Å². The molecule has 0 aliphatic rings. The first-order valence-electron chi connectivity index (χ1n) is 9.09. The van der Waals surface area contributed by atoms with Gasteiger partial charge in [0.1, 0.15) is 11.3 Å². The molecule has 0 N–H and O–H groups in total. The number of benzene rings is 1. The van der Waals surface area contributed by atoms with E-state index in [0.717, 1.165) is 16.9 Å². The highest BCUT2D eigenvalue weighted by molar-refractivity contribution is 6.07. The summed E-state index contributed by atoms with van der Waals surface area (Å²) < 4.78 is 17.8. The van der Waals surface area contributed by atoms with Crippen LogP contribution < -0.4 is 5.56 Å². The summed E-state index contributed by atoms with van der Waals surface area (Å²) in [6.07, 6.45) is 1.64. The molecule has 7 heteroatoms. The van der Waals surface area contributed by atoms with E-state index in [9.17, 15) is 9.18 Å². The minimum absolute atomic E-state index is 0.214. The van der Waals surface area contributed by atoms with E-state index >= 15 is 0 Å². The topological polar surface area (TPSA) is 56.0 Å². The number of aryl methyl sites for hydroxylation is 2. The van der Waals surface area contributed by atoms with Gasteiger partial charge in [-0.2, -0.15) is 5.10 Å². The average molecular weight is 379 g/mol. The zero-order chi connectivity index (χ0) is 20.0. The predicted octanol–water partition coefficient (Wildman–Crippen LogP) is 2.84. The molecule has 4 rings (SSSR count). The molecule has 0 radical (unpaired) electrons. The summed E-state index contributed by atoms with van der Waals surface area (Å²) in [6.45, 7) is 2.69. The molecule has 3 heterocycles. The molecule has 28 heavy (non-hydrogen) atoms. The van der Waals surface area contributed by atoms with Crippen molar-refractivity contribution in [3.05, 3.63) is 69.7 Å². The Morgan fingerprint density at radius 2 is 1.96 bits per heavy atom. The van der Waals surface area contributed by atoms with E-state index < -0.39 is 0 Å². The second-order valence-corrected chi connectivity index (χ2v) is 7.40.